The summed E-state index contributed by atoms with van der Waals surface area (Å²) in [5.74, 6) is 0.804. The highest BCUT2D eigenvalue weighted by molar-refractivity contribution is 5.88. The number of carbonyl (C=O) groups excluding carboxylic acids is 1. The molecule has 3 rings (SSSR count). The lowest BCUT2D eigenvalue weighted by atomic mass is 10.0. The SMILES string of the molecule is CC1CN(C2CCN(C)C2=O)c2ccccc21. The van der Waals surface area contributed by atoms with Crippen LogP contribution in [0.15, 0.2) is 24.3 Å². The van der Waals surface area contributed by atoms with Crippen LogP contribution in [0, 0.1) is 0 Å². The van der Waals surface area contributed by atoms with E-state index in [1.54, 1.807) is 0 Å². The zero-order chi connectivity index (χ0) is 12.0. The lowest BCUT2D eigenvalue weighted by molar-refractivity contribution is -0.127. The Morgan fingerprint density at radius 3 is 2.76 bits per heavy atom. The third-order valence-electron chi connectivity index (χ3n) is 4.02. The molecule has 0 aromatic heterocycles. The van der Waals surface area contributed by atoms with Crippen LogP contribution in [0.3, 0.4) is 0 Å². The summed E-state index contributed by atoms with van der Waals surface area (Å²) in [4.78, 5) is 16.2. The number of hydrogen-bond acceptors (Lipinski definition) is 2. The zero-order valence-electron chi connectivity index (χ0n) is 10.4. The summed E-state index contributed by atoms with van der Waals surface area (Å²) in [6, 6.07) is 8.54. The molecule has 1 saturated heterocycles. The monoisotopic (exact) mass is 230 g/mol. The molecule has 3 nitrogen and oxygen atoms in total. The highest BCUT2D eigenvalue weighted by Crippen LogP contribution is 2.38. The average molecular weight is 230 g/mol. The fraction of sp³-hybridized carbons (Fsp3) is 0.500. The fourth-order valence-corrected chi connectivity index (χ4v) is 3.05. The predicted molar refractivity (Wildman–Crippen MR) is 68.2 cm³/mol. The minimum absolute atomic E-state index is 0.0612. The van der Waals surface area contributed by atoms with Crippen molar-refractivity contribution in [2.24, 2.45) is 0 Å². The van der Waals surface area contributed by atoms with E-state index in [4.69, 9.17) is 0 Å². The molecule has 1 aromatic carbocycles. The third-order valence-corrected chi connectivity index (χ3v) is 4.02. The number of likely N-dealkylation sites (tertiary alicyclic amines) is 1. The number of hydrogen-bond donors (Lipinski definition) is 0. The zero-order valence-corrected chi connectivity index (χ0v) is 10.4. The minimum atomic E-state index is 0.0612. The topological polar surface area (TPSA) is 23.6 Å². The van der Waals surface area contributed by atoms with E-state index < -0.39 is 0 Å². The average Bonchev–Trinajstić information content (AvgIpc) is 2.83. The second kappa shape index (κ2) is 3.76. The molecule has 2 heterocycles. The van der Waals surface area contributed by atoms with Crippen molar-refractivity contribution in [2.45, 2.75) is 25.3 Å². The smallest absolute Gasteiger partial charge is 0.245 e. The Morgan fingerprint density at radius 1 is 1.29 bits per heavy atom. The summed E-state index contributed by atoms with van der Waals surface area (Å²) in [5, 5.41) is 0. The molecule has 1 fully saturated rings. The van der Waals surface area contributed by atoms with E-state index in [0.29, 0.717) is 5.92 Å². The van der Waals surface area contributed by atoms with Crippen LogP contribution >= 0.6 is 0 Å². The van der Waals surface area contributed by atoms with Gasteiger partial charge in [-0.2, -0.15) is 0 Å². The van der Waals surface area contributed by atoms with E-state index in [9.17, 15) is 4.79 Å². The van der Waals surface area contributed by atoms with Gasteiger partial charge < -0.3 is 9.80 Å². The van der Waals surface area contributed by atoms with Gasteiger partial charge in [-0.25, -0.2) is 0 Å². The first-order valence-electron chi connectivity index (χ1n) is 6.29. The number of para-hydroxylation sites is 1. The Balaban J connectivity index is 1.94. The van der Waals surface area contributed by atoms with Gasteiger partial charge in [0.1, 0.15) is 6.04 Å². The fourth-order valence-electron chi connectivity index (χ4n) is 3.05. The molecular weight excluding hydrogens is 212 g/mol. The van der Waals surface area contributed by atoms with Gasteiger partial charge in [-0.15, -0.1) is 0 Å². The standard InChI is InChI=1S/C14H18N2O/c1-10-9-16(12-6-4-3-5-11(10)12)13-7-8-15(2)14(13)17/h3-6,10,13H,7-9H2,1-2H3. The van der Waals surface area contributed by atoms with Gasteiger partial charge in [-0.05, 0) is 18.1 Å². The van der Waals surface area contributed by atoms with E-state index in [2.05, 4.69) is 36.1 Å². The molecule has 0 radical (unpaired) electrons. The molecule has 1 amide bonds. The largest absolute Gasteiger partial charge is 0.359 e. The van der Waals surface area contributed by atoms with E-state index in [-0.39, 0.29) is 11.9 Å². The van der Waals surface area contributed by atoms with Gasteiger partial charge in [0.15, 0.2) is 0 Å². The van der Waals surface area contributed by atoms with E-state index in [1.807, 2.05) is 11.9 Å². The van der Waals surface area contributed by atoms with Crippen molar-refractivity contribution in [3.8, 4) is 0 Å². The molecule has 2 aliphatic heterocycles. The molecule has 0 spiro atoms. The van der Waals surface area contributed by atoms with Gasteiger partial charge in [-0.3, -0.25) is 4.79 Å². The van der Waals surface area contributed by atoms with Gasteiger partial charge >= 0.3 is 0 Å². The van der Waals surface area contributed by atoms with Gasteiger partial charge in [0.2, 0.25) is 5.91 Å². The number of nitrogens with zero attached hydrogens (tertiary/aromatic N) is 2. The highest BCUT2D eigenvalue weighted by Gasteiger charge is 2.38. The number of rotatable bonds is 1. The van der Waals surface area contributed by atoms with Crippen molar-refractivity contribution < 1.29 is 4.79 Å². The van der Waals surface area contributed by atoms with Crippen LogP contribution < -0.4 is 4.90 Å². The van der Waals surface area contributed by atoms with Gasteiger partial charge in [-0.1, -0.05) is 25.1 Å². The Morgan fingerprint density at radius 2 is 2.06 bits per heavy atom. The molecule has 0 aliphatic carbocycles. The maximum atomic E-state index is 12.1. The predicted octanol–water partition coefficient (Wildman–Crippen LogP) is 1.84. The lowest BCUT2D eigenvalue weighted by Crippen LogP contribution is -2.40. The van der Waals surface area contributed by atoms with Gasteiger partial charge in [0.25, 0.3) is 0 Å². The number of likely N-dealkylation sites (N-methyl/N-ethyl adjacent to an activating group) is 1. The quantitative estimate of drug-likeness (QED) is 0.735. The van der Waals surface area contributed by atoms with Crippen molar-refractivity contribution in [3.63, 3.8) is 0 Å². The lowest BCUT2D eigenvalue weighted by Gasteiger charge is -2.25. The van der Waals surface area contributed by atoms with Crippen molar-refractivity contribution in [3.05, 3.63) is 29.8 Å². The first kappa shape index (κ1) is 10.6. The van der Waals surface area contributed by atoms with Crippen molar-refractivity contribution in [1.82, 2.24) is 4.90 Å². The molecule has 1 aromatic rings. The number of amides is 1. The molecule has 17 heavy (non-hydrogen) atoms. The molecule has 0 N–H and O–H groups in total. The third kappa shape index (κ3) is 1.53. The van der Waals surface area contributed by atoms with E-state index >= 15 is 0 Å². The van der Waals surface area contributed by atoms with Crippen molar-refractivity contribution in [1.29, 1.82) is 0 Å². The number of benzene rings is 1. The van der Waals surface area contributed by atoms with Crippen LogP contribution in [0.2, 0.25) is 0 Å². The normalized spacial score (nSPS) is 27.8. The molecule has 0 bridgehead atoms. The van der Waals surface area contributed by atoms with E-state index in [0.717, 1.165) is 19.5 Å². The Bertz CT molecular complexity index is 457. The molecule has 2 atom stereocenters. The Kier molecular flexibility index (Phi) is 2.35. The van der Waals surface area contributed by atoms with Gasteiger partial charge in [0.05, 0.1) is 0 Å². The maximum absolute atomic E-state index is 12.1. The van der Waals surface area contributed by atoms with Crippen LogP contribution in [0.1, 0.15) is 24.8 Å². The van der Waals surface area contributed by atoms with E-state index in [1.165, 1.54) is 11.3 Å². The molecule has 3 heteroatoms. The molecular formula is C14H18N2O. The Hall–Kier alpha value is -1.51. The van der Waals surface area contributed by atoms with Crippen LogP contribution in [0.5, 0.6) is 0 Å². The summed E-state index contributed by atoms with van der Waals surface area (Å²) in [7, 11) is 1.90. The van der Waals surface area contributed by atoms with Crippen LogP contribution in [-0.4, -0.2) is 37.0 Å². The first-order chi connectivity index (χ1) is 8.18. The second-order valence-electron chi connectivity index (χ2n) is 5.18. The molecule has 90 valence electrons. The summed E-state index contributed by atoms with van der Waals surface area (Å²) in [6.07, 6.45) is 0.955. The summed E-state index contributed by atoms with van der Waals surface area (Å²) >= 11 is 0. The summed E-state index contributed by atoms with van der Waals surface area (Å²) in [5.41, 5.74) is 2.64. The summed E-state index contributed by atoms with van der Waals surface area (Å²) < 4.78 is 0. The molecule has 2 aliphatic rings. The highest BCUT2D eigenvalue weighted by atomic mass is 16.2. The van der Waals surface area contributed by atoms with Crippen LogP contribution in [-0.2, 0) is 4.79 Å². The second-order valence-corrected chi connectivity index (χ2v) is 5.18. The Labute approximate surface area is 102 Å². The number of carbonyl (C=O) groups is 1. The number of fused-ring (bicyclic) bond motifs is 1. The first-order valence-corrected chi connectivity index (χ1v) is 6.29. The number of anilines is 1. The molecule has 0 saturated carbocycles. The molecule has 2 unspecified atom stereocenters. The summed E-state index contributed by atoms with van der Waals surface area (Å²) in [6.45, 7) is 4.10. The van der Waals surface area contributed by atoms with Crippen molar-refractivity contribution in [2.75, 3.05) is 25.0 Å². The van der Waals surface area contributed by atoms with Crippen LogP contribution in [0.25, 0.3) is 0 Å². The van der Waals surface area contributed by atoms with Gasteiger partial charge in [0, 0.05) is 31.7 Å². The van der Waals surface area contributed by atoms with Crippen LogP contribution in [0.4, 0.5) is 5.69 Å². The van der Waals surface area contributed by atoms with Crippen molar-refractivity contribution >= 4 is 11.6 Å². The minimum Gasteiger partial charge on any atom is -0.359 e. The maximum Gasteiger partial charge on any atom is 0.245 e.